The summed E-state index contributed by atoms with van der Waals surface area (Å²) in [5, 5.41) is 0. The molecule has 2 amide bonds. The number of amides is 2. The fourth-order valence-corrected chi connectivity index (χ4v) is 4.72. The van der Waals surface area contributed by atoms with Gasteiger partial charge in [0.05, 0.1) is 17.4 Å². The van der Waals surface area contributed by atoms with Gasteiger partial charge in [-0.2, -0.15) is 0 Å². The summed E-state index contributed by atoms with van der Waals surface area (Å²) in [5.74, 6) is -0.108. The van der Waals surface area contributed by atoms with E-state index in [2.05, 4.69) is 29.0 Å². The highest BCUT2D eigenvalue weighted by molar-refractivity contribution is 5.81. The Hall–Kier alpha value is -2.02. The molecular weight excluding hydrogens is 354 g/mol. The van der Waals surface area contributed by atoms with Gasteiger partial charge in [0, 0.05) is 37.3 Å². The highest BCUT2D eigenvalue weighted by atomic mass is 16.2. The van der Waals surface area contributed by atoms with Gasteiger partial charge in [0.2, 0.25) is 11.8 Å². The molecule has 1 aliphatic carbocycles. The average Bonchev–Trinajstić information content (AvgIpc) is 2.96. The summed E-state index contributed by atoms with van der Waals surface area (Å²) in [7, 11) is 4.20. The fourth-order valence-electron chi connectivity index (χ4n) is 4.72. The second kappa shape index (κ2) is 7.43. The van der Waals surface area contributed by atoms with Crippen molar-refractivity contribution in [2.24, 2.45) is 16.6 Å². The van der Waals surface area contributed by atoms with E-state index in [-0.39, 0.29) is 22.8 Å². The smallest absolute Gasteiger partial charge is 0.223 e. The van der Waals surface area contributed by atoms with Crippen LogP contribution < -0.4 is 5.73 Å². The number of hydrogen-bond donors (Lipinski definition) is 1. The monoisotopic (exact) mass is 387 g/mol. The molecule has 0 atom stereocenters. The van der Waals surface area contributed by atoms with Crippen molar-refractivity contribution in [1.82, 2.24) is 19.8 Å². The van der Waals surface area contributed by atoms with Gasteiger partial charge in [-0.1, -0.05) is 13.8 Å². The van der Waals surface area contributed by atoms with Crippen molar-refractivity contribution in [3.63, 3.8) is 0 Å². The quantitative estimate of drug-likeness (QED) is 0.805. The van der Waals surface area contributed by atoms with Crippen LogP contribution in [-0.4, -0.2) is 58.8 Å². The predicted molar refractivity (Wildman–Crippen MR) is 107 cm³/mol. The molecule has 2 aliphatic rings. The Bertz CT molecular complexity index is 724. The molecule has 0 unspecified atom stereocenters. The van der Waals surface area contributed by atoms with E-state index >= 15 is 0 Å². The average molecular weight is 388 g/mol. The molecule has 0 radical (unpaired) electrons. The third kappa shape index (κ3) is 3.77. The Morgan fingerprint density at radius 3 is 2.46 bits per heavy atom. The van der Waals surface area contributed by atoms with Crippen LogP contribution in [0.1, 0.15) is 58.1 Å². The first-order valence-electron chi connectivity index (χ1n) is 10.1. The fraction of sp³-hybridized carbons (Fsp3) is 0.714. The number of rotatable bonds is 6. The zero-order chi connectivity index (χ0) is 20.6. The summed E-state index contributed by atoms with van der Waals surface area (Å²) in [4.78, 5) is 37.3. The van der Waals surface area contributed by atoms with Crippen molar-refractivity contribution in [3.05, 3.63) is 24.3 Å². The van der Waals surface area contributed by atoms with Gasteiger partial charge in [-0.3, -0.25) is 24.5 Å². The molecule has 7 nitrogen and oxygen atoms in total. The third-order valence-electron chi connectivity index (χ3n) is 7.11. The Morgan fingerprint density at radius 2 is 1.93 bits per heavy atom. The molecule has 1 saturated carbocycles. The van der Waals surface area contributed by atoms with Crippen molar-refractivity contribution in [3.8, 4) is 0 Å². The molecule has 28 heavy (non-hydrogen) atoms. The first kappa shape index (κ1) is 20.7. The van der Waals surface area contributed by atoms with Crippen LogP contribution in [0.5, 0.6) is 0 Å². The number of carbonyl (C=O) groups excluding carboxylic acids is 2. The van der Waals surface area contributed by atoms with E-state index in [0.717, 1.165) is 37.9 Å². The van der Waals surface area contributed by atoms with E-state index in [0.29, 0.717) is 19.4 Å². The van der Waals surface area contributed by atoms with Gasteiger partial charge in [-0.25, -0.2) is 0 Å². The van der Waals surface area contributed by atoms with Crippen molar-refractivity contribution < 1.29 is 9.59 Å². The van der Waals surface area contributed by atoms with Crippen LogP contribution in [0.3, 0.4) is 0 Å². The van der Waals surface area contributed by atoms with E-state index in [4.69, 9.17) is 5.73 Å². The predicted octanol–water partition coefficient (Wildman–Crippen LogP) is 1.93. The molecule has 1 spiro atoms. The van der Waals surface area contributed by atoms with Crippen molar-refractivity contribution in [2.75, 3.05) is 27.2 Å². The SMILES string of the molecule is CN(C)[C@]1(c2cnccn2)CC[C@@]2(CC1)CC(=O)N(CCC(C)(C)C(N)=O)C2. The zero-order valence-corrected chi connectivity index (χ0v) is 17.6. The molecule has 0 aromatic carbocycles. The summed E-state index contributed by atoms with van der Waals surface area (Å²) in [6.07, 6.45) is 10.4. The van der Waals surface area contributed by atoms with Gasteiger partial charge >= 0.3 is 0 Å². The molecule has 1 aliphatic heterocycles. The van der Waals surface area contributed by atoms with Crippen LogP contribution in [0.2, 0.25) is 0 Å². The summed E-state index contributed by atoms with van der Waals surface area (Å²) in [6, 6.07) is 0. The second-order valence-electron chi connectivity index (χ2n) is 9.51. The first-order valence-corrected chi connectivity index (χ1v) is 10.1. The molecule has 7 heteroatoms. The molecule has 0 bridgehead atoms. The van der Waals surface area contributed by atoms with Gasteiger partial charge in [0.1, 0.15) is 0 Å². The minimum atomic E-state index is -0.589. The van der Waals surface area contributed by atoms with Crippen molar-refractivity contribution in [2.45, 2.75) is 57.9 Å². The summed E-state index contributed by atoms with van der Waals surface area (Å²) in [6.45, 7) is 5.07. The third-order valence-corrected chi connectivity index (χ3v) is 7.11. The molecule has 2 heterocycles. The van der Waals surface area contributed by atoms with Gasteiger partial charge in [-0.15, -0.1) is 0 Å². The highest BCUT2D eigenvalue weighted by Gasteiger charge is 2.50. The number of primary amides is 1. The lowest BCUT2D eigenvalue weighted by Gasteiger charge is -2.47. The second-order valence-corrected chi connectivity index (χ2v) is 9.51. The highest BCUT2D eigenvalue weighted by Crippen LogP contribution is 2.51. The largest absolute Gasteiger partial charge is 0.369 e. The number of aromatic nitrogens is 2. The van der Waals surface area contributed by atoms with E-state index in [1.165, 1.54) is 0 Å². The van der Waals surface area contributed by atoms with E-state index in [1.54, 1.807) is 12.4 Å². The molecule has 3 rings (SSSR count). The van der Waals surface area contributed by atoms with Crippen molar-refractivity contribution >= 4 is 11.8 Å². The summed E-state index contributed by atoms with van der Waals surface area (Å²) < 4.78 is 0. The molecule has 1 aromatic rings. The molecule has 1 aromatic heterocycles. The molecule has 2 N–H and O–H groups in total. The lowest BCUT2D eigenvalue weighted by Crippen LogP contribution is -2.48. The Balaban J connectivity index is 1.68. The van der Waals surface area contributed by atoms with Crippen LogP contribution in [0.4, 0.5) is 0 Å². The molecule has 2 fully saturated rings. The van der Waals surface area contributed by atoms with Crippen LogP contribution in [-0.2, 0) is 15.1 Å². The van der Waals surface area contributed by atoms with E-state index in [9.17, 15) is 9.59 Å². The number of nitrogens with zero attached hydrogens (tertiary/aromatic N) is 4. The summed E-state index contributed by atoms with van der Waals surface area (Å²) in [5.41, 5.74) is 5.82. The maximum Gasteiger partial charge on any atom is 0.223 e. The Morgan fingerprint density at radius 1 is 1.25 bits per heavy atom. The van der Waals surface area contributed by atoms with E-state index in [1.807, 2.05) is 24.9 Å². The lowest BCUT2D eigenvalue weighted by molar-refractivity contribution is -0.130. The van der Waals surface area contributed by atoms with Crippen LogP contribution in [0.25, 0.3) is 0 Å². The molecule has 154 valence electrons. The standard InChI is InChI=1S/C21H33N5O2/c1-19(2,18(22)28)9-12-26-15-20(13-17(26)27)5-7-21(8-6-20,25(3)4)16-14-23-10-11-24-16/h10-11,14H,5-9,12-13,15H2,1-4H3,(H2,22,28)/t20-,21-. The normalized spacial score (nSPS) is 28.3. The van der Waals surface area contributed by atoms with Crippen LogP contribution in [0, 0.1) is 10.8 Å². The number of hydrogen-bond acceptors (Lipinski definition) is 5. The lowest BCUT2D eigenvalue weighted by atomic mass is 9.65. The molecule has 1 saturated heterocycles. The number of carbonyl (C=O) groups is 2. The van der Waals surface area contributed by atoms with Gasteiger partial charge in [-0.05, 0) is 51.6 Å². The minimum Gasteiger partial charge on any atom is -0.369 e. The minimum absolute atomic E-state index is 0.0374. The molecular formula is C21H33N5O2. The van der Waals surface area contributed by atoms with Gasteiger partial charge in [0.25, 0.3) is 0 Å². The maximum atomic E-state index is 12.7. The van der Waals surface area contributed by atoms with Crippen molar-refractivity contribution in [1.29, 1.82) is 0 Å². The maximum absolute atomic E-state index is 12.7. The topological polar surface area (TPSA) is 92.4 Å². The Labute approximate surface area is 167 Å². The number of likely N-dealkylation sites (tertiary alicyclic amines) is 1. The van der Waals surface area contributed by atoms with Gasteiger partial charge < -0.3 is 10.6 Å². The van der Waals surface area contributed by atoms with Crippen LogP contribution in [0.15, 0.2) is 18.6 Å². The van der Waals surface area contributed by atoms with Gasteiger partial charge in [0.15, 0.2) is 0 Å². The first-order chi connectivity index (χ1) is 13.1. The number of nitrogens with two attached hydrogens (primary N) is 1. The van der Waals surface area contributed by atoms with E-state index < -0.39 is 5.41 Å². The summed E-state index contributed by atoms with van der Waals surface area (Å²) >= 11 is 0. The zero-order valence-electron chi connectivity index (χ0n) is 17.6. The van der Waals surface area contributed by atoms with Crippen LogP contribution >= 0.6 is 0 Å². The Kier molecular flexibility index (Phi) is 5.49.